The van der Waals surface area contributed by atoms with E-state index in [9.17, 15) is 22.0 Å². The average Bonchev–Trinajstić information content (AvgIpc) is 2.75. The second kappa shape index (κ2) is 9.54. The highest BCUT2D eigenvalue weighted by atomic mass is 32.2. The van der Waals surface area contributed by atoms with Gasteiger partial charge in [0.15, 0.2) is 9.84 Å². The number of sulfone groups is 1. The standard InChI is InChI=1S/C23H22F2N2O4S/c1-14-3-6-17(7-4-14)32(30,31)22(18-12-16(24)5-8-20(18)25)19-13-27-21(11-15(19)2)23(29)26-9-10-28/h3-8,11-13,22,28H,9-10H2,1-2H3,(H,26,29). The average molecular weight is 461 g/mol. The lowest BCUT2D eigenvalue weighted by molar-refractivity contribution is 0.0939. The van der Waals surface area contributed by atoms with Gasteiger partial charge in [-0.15, -0.1) is 0 Å². The highest BCUT2D eigenvalue weighted by molar-refractivity contribution is 7.92. The minimum absolute atomic E-state index is 0.00546. The molecule has 32 heavy (non-hydrogen) atoms. The van der Waals surface area contributed by atoms with E-state index in [1.54, 1.807) is 26.0 Å². The number of hydrogen-bond acceptors (Lipinski definition) is 5. The Morgan fingerprint density at radius 2 is 1.75 bits per heavy atom. The van der Waals surface area contributed by atoms with Crippen LogP contribution in [0.1, 0.15) is 38.0 Å². The van der Waals surface area contributed by atoms with Gasteiger partial charge < -0.3 is 10.4 Å². The van der Waals surface area contributed by atoms with Crippen molar-refractivity contribution in [2.75, 3.05) is 13.2 Å². The molecule has 0 saturated carbocycles. The number of pyridine rings is 1. The molecule has 0 radical (unpaired) electrons. The van der Waals surface area contributed by atoms with Crippen LogP contribution in [0.25, 0.3) is 0 Å². The molecular weight excluding hydrogens is 438 g/mol. The first-order valence-electron chi connectivity index (χ1n) is 9.76. The predicted molar refractivity (Wildman–Crippen MR) is 115 cm³/mol. The first-order valence-corrected chi connectivity index (χ1v) is 11.3. The van der Waals surface area contributed by atoms with Gasteiger partial charge in [-0.05, 0) is 61.4 Å². The number of aliphatic hydroxyl groups excluding tert-OH is 1. The molecule has 3 rings (SSSR count). The molecule has 1 amide bonds. The molecule has 6 nitrogen and oxygen atoms in total. The van der Waals surface area contributed by atoms with E-state index in [1.807, 2.05) is 0 Å². The van der Waals surface area contributed by atoms with Crippen molar-refractivity contribution in [1.82, 2.24) is 10.3 Å². The number of rotatable bonds is 7. The van der Waals surface area contributed by atoms with Crippen molar-refractivity contribution in [2.45, 2.75) is 24.0 Å². The number of nitrogens with one attached hydrogen (secondary N) is 1. The van der Waals surface area contributed by atoms with E-state index in [0.29, 0.717) is 5.56 Å². The fourth-order valence-electron chi connectivity index (χ4n) is 3.31. The first kappa shape index (κ1) is 23.5. The van der Waals surface area contributed by atoms with Crippen LogP contribution < -0.4 is 5.32 Å². The third-order valence-electron chi connectivity index (χ3n) is 4.96. The summed E-state index contributed by atoms with van der Waals surface area (Å²) in [4.78, 5) is 16.1. The van der Waals surface area contributed by atoms with Crippen LogP contribution in [0.2, 0.25) is 0 Å². The third kappa shape index (κ3) is 4.84. The van der Waals surface area contributed by atoms with E-state index in [2.05, 4.69) is 10.3 Å². The summed E-state index contributed by atoms with van der Waals surface area (Å²) in [6.45, 7) is 3.14. The molecule has 2 aromatic carbocycles. The maximum Gasteiger partial charge on any atom is 0.269 e. The molecule has 0 spiro atoms. The zero-order valence-corrected chi connectivity index (χ0v) is 18.3. The number of nitrogens with zero attached hydrogens (tertiary/aromatic N) is 1. The van der Waals surface area contributed by atoms with Gasteiger partial charge in [-0.1, -0.05) is 17.7 Å². The lowest BCUT2D eigenvalue weighted by Crippen LogP contribution is -2.27. The number of hydrogen-bond donors (Lipinski definition) is 2. The molecule has 0 bridgehead atoms. The summed E-state index contributed by atoms with van der Waals surface area (Å²) < 4.78 is 56.0. The van der Waals surface area contributed by atoms with Crippen LogP contribution in [0.15, 0.2) is 59.6 Å². The predicted octanol–water partition coefficient (Wildman–Crippen LogP) is 3.26. The molecule has 0 aliphatic heterocycles. The fourth-order valence-corrected chi connectivity index (χ4v) is 5.19. The maximum atomic E-state index is 14.8. The number of aliphatic hydroxyl groups is 1. The van der Waals surface area contributed by atoms with Crippen LogP contribution in [0, 0.1) is 25.5 Å². The Hall–Kier alpha value is -3.17. The summed E-state index contributed by atoms with van der Waals surface area (Å²) in [5.74, 6) is -2.21. The second-order valence-electron chi connectivity index (χ2n) is 7.31. The van der Waals surface area contributed by atoms with Gasteiger partial charge >= 0.3 is 0 Å². The Balaban J connectivity index is 2.19. The summed E-state index contributed by atoms with van der Waals surface area (Å²) in [5, 5.41) is 9.73. The SMILES string of the molecule is Cc1ccc(S(=O)(=O)C(c2cnc(C(=O)NCCO)cc2C)c2cc(F)ccc2F)cc1. The van der Waals surface area contributed by atoms with Crippen molar-refractivity contribution in [2.24, 2.45) is 0 Å². The summed E-state index contributed by atoms with van der Waals surface area (Å²) in [7, 11) is -4.21. The number of aromatic nitrogens is 1. The first-order chi connectivity index (χ1) is 15.1. The zero-order chi connectivity index (χ0) is 23.5. The smallest absolute Gasteiger partial charge is 0.269 e. The molecule has 1 heterocycles. The Morgan fingerprint density at radius 1 is 1.06 bits per heavy atom. The summed E-state index contributed by atoms with van der Waals surface area (Å²) in [6.07, 6.45) is 1.18. The highest BCUT2D eigenvalue weighted by Crippen LogP contribution is 2.38. The Bertz CT molecular complexity index is 1250. The number of carbonyl (C=O) groups is 1. The minimum Gasteiger partial charge on any atom is -0.395 e. The molecule has 0 fully saturated rings. The Morgan fingerprint density at radius 3 is 2.38 bits per heavy atom. The normalized spacial score (nSPS) is 12.4. The van der Waals surface area contributed by atoms with Crippen LogP contribution in [-0.2, 0) is 9.84 Å². The van der Waals surface area contributed by atoms with Crippen LogP contribution in [-0.4, -0.2) is 37.6 Å². The number of carbonyl (C=O) groups excluding carboxylic acids is 1. The largest absolute Gasteiger partial charge is 0.395 e. The third-order valence-corrected chi connectivity index (χ3v) is 7.02. The molecule has 0 aliphatic rings. The molecule has 1 unspecified atom stereocenters. The summed E-state index contributed by atoms with van der Waals surface area (Å²) in [6, 6.07) is 10.1. The molecule has 3 aromatic rings. The van der Waals surface area contributed by atoms with Crippen molar-refractivity contribution < 1.29 is 27.1 Å². The molecular formula is C23H22F2N2O4S. The van der Waals surface area contributed by atoms with Gasteiger partial charge in [-0.25, -0.2) is 17.2 Å². The van der Waals surface area contributed by atoms with E-state index >= 15 is 0 Å². The molecule has 1 atom stereocenters. The second-order valence-corrected chi connectivity index (χ2v) is 9.34. The van der Waals surface area contributed by atoms with E-state index < -0.39 is 32.6 Å². The van der Waals surface area contributed by atoms with Crippen molar-refractivity contribution in [3.63, 3.8) is 0 Å². The highest BCUT2D eigenvalue weighted by Gasteiger charge is 2.35. The Kier molecular flexibility index (Phi) is 7.00. The zero-order valence-electron chi connectivity index (χ0n) is 17.5. The van der Waals surface area contributed by atoms with E-state index in [1.165, 1.54) is 24.4 Å². The van der Waals surface area contributed by atoms with E-state index in [4.69, 9.17) is 5.11 Å². The number of halogens is 2. The molecule has 168 valence electrons. The van der Waals surface area contributed by atoms with Crippen LogP contribution in [0.5, 0.6) is 0 Å². The topological polar surface area (TPSA) is 96.4 Å². The van der Waals surface area contributed by atoms with Gasteiger partial charge in [0.1, 0.15) is 22.6 Å². The van der Waals surface area contributed by atoms with Gasteiger partial charge in [0, 0.05) is 18.3 Å². The van der Waals surface area contributed by atoms with Crippen molar-refractivity contribution in [3.05, 3.63) is 94.3 Å². The van der Waals surface area contributed by atoms with Crippen LogP contribution in [0.3, 0.4) is 0 Å². The number of amides is 1. The number of aryl methyl sites for hydroxylation is 2. The summed E-state index contributed by atoms with van der Waals surface area (Å²) >= 11 is 0. The number of benzene rings is 2. The lowest BCUT2D eigenvalue weighted by atomic mass is 10.0. The van der Waals surface area contributed by atoms with Crippen LogP contribution >= 0.6 is 0 Å². The van der Waals surface area contributed by atoms with E-state index in [0.717, 1.165) is 23.8 Å². The lowest BCUT2D eigenvalue weighted by Gasteiger charge is -2.21. The maximum absolute atomic E-state index is 14.8. The molecule has 1 aromatic heterocycles. The quantitative estimate of drug-likeness (QED) is 0.564. The molecule has 2 N–H and O–H groups in total. The monoisotopic (exact) mass is 460 g/mol. The Labute approximate surface area is 184 Å². The molecule has 0 aliphatic carbocycles. The van der Waals surface area contributed by atoms with E-state index in [-0.39, 0.29) is 34.9 Å². The fraction of sp³-hybridized carbons (Fsp3) is 0.217. The minimum atomic E-state index is -4.21. The molecule has 0 saturated heterocycles. The van der Waals surface area contributed by atoms with Gasteiger partial charge in [-0.2, -0.15) is 0 Å². The van der Waals surface area contributed by atoms with Crippen molar-refractivity contribution in [1.29, 1.82) is 0 Å². The van der Waals surface area contributed by atoms with Gasteiger partial charge in [0.2, 0.25) is 0 Å². The van der Waals surface area contributed by atoms with Crippen molar-refractivity contribution >= 4 is 15.7 Å². The van der Waals surface area contributed by atoms with Crippen LogP contribution in [0.4, 0.5) is 8.78 Å². The van der Waals surface area contributed by atoms with Crippen molar-refractivity contribution in [3.8, 4) is 0 Å². The van der Waals surface area contributed by atoms with Gasteiger partial charge in [0.25, 0.3) is 5.91 Å². The van der Waals surface area contributed by atoms with Gasteiger partial charge in [0.05, 0.1) is 11.5 Å². The summed E-state index contributed by atoms with van der Waals surface area (Å²) in [5.41, 5.74) is 0.972. The molecule has 9 heteroatoms. The van der Waals surface area contributed by atoms with Gasteiger partial charge in [-0.3, -0.25) is 9.78 Å².